The molecule has 0 unspecified atom stereocenters. The molecule has 2 aliphatic rings. The maximum Gasteiger partial charge on any atom is 0.407 e. The monoisotopic (exact) mass is 665 g/mol. The molecule has 0 fully saturated rings. The number of nitrogens with one attached hydrogen (secondary N) is 3. The Bertz CT molecular complexity index is 1790. The van der Waals surface area contributed by atoms with Crippen LogP contribution in [0.2, 0.25) is 0 Å². The summed E-state index contributed by atoms with van der Waals surface area (Å²) in [5.41, 5.74) is 12.4. The molecule has 0 spiro atoms. The molecule has 2 aliphatic carbocycles. The van der Waals surface area contributed by atoms with Gasteiger partial charge in [0.1, 0.15) is 18.2 Å². The molecule has 4 aromatic rings. The summed E-state index contributed by atoms with van der Waals surface area (Å²) in [5.74, 6) is 1.52. The lowest BCUT2D eigenvalue weighted by atomic mass is 9.74. The zero-order valence-electron chi connectivity index (χ0n) is 29.1. The van der Waals surface area contributed by atoms with Crippen LogP contribution in [0.3, 0.4) is 0 Å². The zero-order chi connectivity index (χ0) is 34.5. The van der Waals surface area contributed by atoms with Crippen LogP contribution >= 0.6 is 0 Å². The van der Waals surface area contributed by atoms with Crippen LogP contribution in [-0.4, -0.2) is 74.4 Å². The number of nitrogens with zero attached hydrogens (tertiary/aromatic N) is 4. The van der Waals surface area contributed by atoms with Gasteiger partial charge in [-0.1, -0.05) is 20.8 Å². The molecule has 2 heterocycles. The molecule has 2 aromatic heterocycles. The van der Waals surface area contributed by atoms with Gasteiger partial charge in [-0.25, -0.2) is 14.8 Å². The number of alkyl carbamates (subject to hydrolysis) is 1. The van der Waals surface area contributed by atoms with Crippen LogP contribution in [0.15, 0.2) is 36.7 Å². The number of rotatable bonds is 14. The average Bonchev–Trinajstić information content (AvgIpc) is 3.79. The Labute approximate surface area is 287 Å². The van der Waals surface area contributed by atoms with Crippen LogP contribution in [0.4, 0.5) is 4.79 Å². The van der Waals surface area contributed by atoms with Crippen LogP contribution in [0.1, 0.15) is 80.4 Å². The number of aryl methyl sites for hydroxylation is 4. The Morgan fingerprint density at radius 3 is 1.57 bits per heavy atom. The minimum absolute atomic E-state index is 0.124. The number of aromatic amines is 2. The fourth-order valence-electron chi connectivity index (χ4n) is 7.18. The topological polar surface area (TPSA) is 136 Å². The first-order valence-corrected chi connectivity index (χ1v) is 17.6. The normalized spacial score (nSPS) is 12.7. The molecular weight excluding hydrogens is 618 g/mol. The second-order valence-corrected chi connectivity index (χ2v) is 13.1. The van der Waals surface area contributed by atoms with Crippen molar-refractivity contribution in [1.82, 2.24) is 35.1 Å². The maximum atomic E-state index is 12.8. The number of methoxy groups -OCH3 is 1. The fraction of sp³-hybridized carbons (Fsp3) is 0.447. The summed E-state index contributed by atoms with van der Waals surface area (Å²) in [7, 11) is 1.27. The van der Waals surface area contributed by atoms with Gasteiger partial charge in [0, 0.05) is 30.6 Å². The number of H-pyrrole nitrogens is 2. The molecule has 49 heavy (non-hydrogen) atoms. The summed E-state index contributed by atoms with van der Waals surface area (Å²) in [4.78, 5) is 56.8. The smallest absolute Gasteiger partial charge is 0.407 e. The molecule has 0 radical (unpaired) electrons. The SMILES string of the molecule is CCCC(=O)N(CCC)Cc1ncc(-c2cc3c4c(c2)CCc2cc(-c5cnc(CN(CCC)C(=O)CNC(=O)OC)[nH]5)cc(c2-4)CC3)[nH]1. The number of hydrogen-bond donors (Lipinski definition) is 3. The minimum atomic E-state index is -0.629. The van der Waals surface area contributed by atoms with Crippen molar-refractivity contribution in [2.75, 3.05) is 26.7 Å². The number of hydrogen-bond acceptors (Lipinski definition) is 6. The molecule has 2 aromatic carbocycles. The summed E-state index contributed by atoms with van der Waals surface area (Å²) < 4.78 is 4.59. The fourth-order valence-corrected chi connectivity index (χ4v) is 7.18. The Kier molecular flexibility index (Phi) is 10.5. The van der Waals surface area contributed by atoms with E-state index in [1.54, 1.807) is 4.90 Å². The van der Waals surface area contributed by atoms with Crippen molar-refractivity contribution in [2.45, 2.75) is 85.2 Å². The number of carbonyl (C=O) groups excluding carboxylic acids is 3. The summed E-state index contributed by atoms with van der Waals surface area (Å²) in [6.07, 6.45) is 10.1. The van der Waals surface area contributed by atoms with Crippen molar-refractivity contribution >= 4 is 17.9 Å². The number of aromatic nitrogens is 4. The summed E-state index contributed by atoms with van der Waals surface area (Å²) in [5, 5.41) is 2.47. The molecule has 258 valence electrons. The first kappa shape index (κ1) is 34.0. The molecule has 0 saturated carbocycles. The molecule has 3 amide bonds. The average molecular weight is 666 g/mol. The highest BCUT2D eigenvalue weighted by Crippen LogP contribution is 2.45. The molecule has 0 bridgehead atoms. The molecule has 3 N–H and O–H groups in total. The number of carbonyl (C=O) groups is 3. The van der Waals surface area contributed by atoms with Gasteiger partial charge in [-0.15, -0.1) is 0 Å². The Balaban J connectivity index is 1.20. The van der Waals surface area contributed by atoms with E-state index in [4.69, 9.17) is 0 Å². The van der Waals surface area contributed by atoms with Gasteiger partial charge in [0.2, 0.25) is 11.8 Å². The molecule has 6 rings (SSSR count). The van der Waals surface area contributed by atoms with E-state index >= 15 is 0 Å². The van der Waals surface area contributed by atoms with E-state index in [1.165, 1.54) is 40.5 Å². The maximum absolute atomic E-state index is 12.8. The lowest BCUT2D eigenvalue weighted by Crippen LogP contribution is -2.40. The third-order valence-corrected chi connectivity index (χ3v) is 9.47. The molecule has 11 heteroatoms. The Morgan fingerprint density at radius 2 is 1.16 bits per heavy atom. The highest BCUT2D eigenvalue weighted by atomic mass is 16.5. The first-order valence-electron chi connectivity index (χ1n) is 17.6. The van der Waals surface area contributed by atoms with Crippen LogP contribution in [-0.2, 0) is 53.1 Å². The lowest BCUT2D eigenvalue weighted by Gasteiger charge is -2.30. The van der Waals surface area contributed by atoms with E-state index in [0.29, 0.717) is 31.9 Å². The molecule has 0 aliphatic heterocycles. The van der Waals surface area contributed by atoms with Crippen LogP contribution < -0.4 is 5.32 Å². The van der Waals surface area contributed by atoms with Gasteiger partial charge in [-0.05, 0) is 103 Å². The van der Waals surface area contributed by atoms with Gasteiger partial charge in [0.05, 0.1) is 44.0 Å². The molecular formula is C38H47N7O4. The van der Waals surface area contributed by atoms with Gasteiger partial charge in [0.15, 0.2) is 0 Å². The molecule has 11 nitrogen and oxygen atoms in total. The van der Waals surface area contributed by atoms with Crippen molar-refractivity contribution < 1.29 is 19.1 Å². The van der Waals surface area contributed by atoms with Gasteiger partial charge in [-0.3, -0.25) is 9.59 Å². The van der Waals surface area contributed by atoms with E-state index < -0.39 is 6.09 Å². The highest BCUT2D eigenvalue weighted by Gasteiger charge is 2.28. The van der Waals surface area contributed by atoms with Crippen LogP contribution in [0.25, 0.3) is 33.6 Å². The predicted molar refractivity (Wildman–Crippen MR) is 189 cm³/mol. The summed E-state index contributed by atoms with van der Waals surface area (Å²) >= 11 is 0. The van der Waals surface area contributed by atoms with E-state index in [1.807, 2.05) is 31.1 Å². The van der Waals surface area contributed by atoms with Crippen molar-refractivity contribution in [2.24, 2.45) is 0 Å². The number of amides is 3. The van der Waals surface area contributed by atoms with Crippen LogP contribution in [0.5, 0.6) is 0 Å². The molecule has 0 atom stereocenters. The second kappa shape index (κ2) is 15.1. The predicted octanol–water partition coefficient (Wildman–Crippen LogP) is 5.96. The number of benzene rings is 2. The Hall–Kier alpha value is -4.93. The third kappa shape index (κ3) is 7.40. The highest BCUT2D eigenvalue weighted by molar-refractivity contribution is 5.86. The van der Waals surface area contributed by atoms with Crippen molar-refractivity contribution in [3.63, 3.8) is 0 Å². The number of imidazole rings is 2. The third-order valence-electron chi connectivity index (χ3n) is 9.47. The van der Waals surface area contributed by atoms with Gasteiger partial charge >= 0.3 is 6.09 Å². The van der Waals surface area contributed by atoms with Gasteiger partial charge < -0.3 is 29.8 Å². The Morgan fingerprint density at radius 1 is 0.714 bits per heavy atom. The largest absolute Gasteiger partial charge is 0.453 e. The lowest BCUT2D eigenvalue weighted by molar-refractivity contribution is -0.132. The second-order valence-electron chi connectivity index (χ2n) is 13.1. The van der Waals surface area contributed by atoms with E-state index in [2.05, 4.69) is 61.2 Å². The van der Waals surface area contributed by atoms with E-state index in [0.717, 1.165) is 79.8 Å². The number of ether oxygens (including phenoxy) is 1. The van der Waals surface area contributed by atoms with Crippen molar-refractivity contribution in [1.29, 1.82) is 0 Å². The van der Waals surface area contributed by atoms with E-state index in [-0.39, 0.29) is 18.4 Å². The standard InChI is InChI=1S/C38H47N7O4/c1-5-8-34(46)44(13-6-2)22-32-39-19-30(42-32)28-15-24-9-11-26-17-29(18-27-12-10-25(16-28)36(24)37(26)27)31-20-40-33(43-31)23-45(14-7-3)35(47)21-41-38(48)49-4/h15-20H,5-14,21-23H2,1-4H3,(H,39,42)(H,40,43)(H,41,48). The van der Waals surface area contributed by atoms with Crippen LogP contribution in [0, 0.1) is 0 Å². The summed E-state index contributed by atoms with van der Waals surface area (Å²) in [6.45, 7) is 8.16. The molecule has 0 saturated heterocycles. The quantitative estimate of drug-likeness (QED) is 0.152. The van der Waals surface area contributed by atoms with Crippen molar-refractivity contribution in [3.8, 4) is 33.6 Å². The first-order chi connectivity index (χ1) is 23.8. The van der Waals surface area contributed by atoms with Gasteiger partial charge in [0.25, 0.3) is 0 Å². The summed E-state index contributed by atoms with van der Waals surface area (Å²) in [6, 6.07) is 9.22. The zero-order valence-corrected chi connectivity index (χ0v) is 29.1. The van der Waals surface area contributed by atoms with E-state index in [9.17, 15) is 14.4 Å². The van der Waals surface area contributed by atoms with Gasteiger partial charge in [-0.2, -0.15) is 0 Å². The van der Waals surface area contributed by atoms with Crippen molar-refractivity contribution in [3.05, 3.63) is 70.6 Å². The minimum Gasteiger partial charge on any atom is -0.453 e.